The first-order valence-corrected chi connectivity index (χ1v) is 12.1. The molecule has 5 nitrogen and oxygen atoms in total. The molecule has 1 saturated heterocycles. The molecule has 0 saturated carbocycles. The van der Waals surface area contributed by atoms with Crippen LogP contribution in [-0.4, -0.2) is 59.5 Å². The van der Waals surface area contributed by atoms with Crippen molar-refractivity contribution in [2.45, 2.75) is 45.6 Å². The van der Waals surface area contributed by atoms with Crippen molar-refractivity contribution in [1.82, 2.24) is 14.8 Å². The second-order valence-corrected chi connectivity index (χ2v) is 9.89. The van der Waals surface area contributed by atoms with Crippen molar-refractivity contribution >= 4 is 16.8 Å². The zero-order valence-corrected chi connectivity index (χ0v) is 20.4. The number of likely N-dealkylation sites (tertiary alicyclic amines) is 1. The van der Waals surface area contributed by atoms with Gasteiger partial charge in [0.15, 0.2) is 0 Å². The summed E-state index contributed by atoms with van der Waals surface area (Å²) in [4.78, 5) is 21.1. The van der Waals surface area contributed by atoms with Crippen molar-refractivity contribution in [3.8, 4) is 5.75 Å². The van der Waals surface area contributed by atoms with Crippen LogP contribution in [0.15, 0.2) is 54.6 Å². The molecule has 0 aliphatic carbocycles. The number of amides is 1. The number of nitrogens with zero attached hydrogens (tertiary/aromatic N) is 2. The summed E-state index contributed by atoms with van der Waals surface area (Å²) in [7, 11) is 1.72. The fourth-order valence-corrected chi connectivity index (χ4v) is 5.14. The maximum Gasteiger partial charge on any atom is 0.270 e. The zero-order valence-electron chi connectivity index (χ0n) is 20.4. The summed E-state index contributed by atoms with van der Waals surface area (Å²) >= 11 is 0. The summed E-state index contributed by atoms with van der Waals surface area (Å²) < 4.78 is 5.40. The van der Waals surface area contributed by atoms with Crippen LogP contribution in [-0.2, 0) is 6.42 Å². The van der Waals surface area contributed by atoms with Crippen molar-refractivity contribution < 1.29 is 9.53 Å². The number of carbonyl (C=O) groups is 1. The number of para-hydroxylation sites is 1. The Morgan fingerprint density at radius 1 is 1.12 bits per heavy atom. The number of benzene rings is 2. The van der Waals surface area contributed by atoms with Crippen molar-refractivity contribution in [3.05, 3.63) is 65.9 Å². The van der Waals surface area contributed by atoms with Gasteiger partial charge in [-0.25, -0.2) is 0 Å². The van der Waals surface area contributed by atoms with Crippen LogP contribution in [0.5, 0.6) is 5.75 Å². The molecule has 1 aliphatic rings. The molecule has 0 radical (unpaired) electrons. The largest absolute Gasteiger partial charge is 0.497 e. The van der Waals surface area contributed by atoms with Crippen LogP contribution in [0.3, 0.4) is 0 Å². The van der Waals surface area contributed by atoms with E-state index in [1.807, 2.05) is 41.3 Å². The minimum Gasteiger partial charge on any atom is -0.497 e. The molecule has 1 aromatic heterocycles. The molecule has 1 aliphatic heterocycles. The van der Waals surface area contributed by atoms with Crippen LogP contribution in [0.25, 0.3) is 10.9 Å². The molecule has 176 valence electrons. The zero-order chi connectivity index (χ0) is 23.4. The molecule has 0 unspecified atom stereocenters. The van der Waals surface area contributed by atoms with E-state index in [0.29, 0.717) is 11.6 Å². The number of aromatic nitrogens is 1. The molecule has 1 amide bonds. The quantitative estimate of drug-likeness (QED) is 0.505. The Morgan fingerprint density at radius 2 is 1.88 bits per heavy atom. The molecule has 1 fully saturated rings. The normalized spacial score (nSPS) is 15.6. The van der Waals surface area contributed by atoms with Crippen LogP contribution in [0.2, 0.25) is 0 Å². The summed E-state index contributed by atoms with van der Waals surface area (Å²) in [6.45, 7) is 10.5. The molecular formula is C28H37N3O2. The van der Waals surface area contributed by atoms with E-state index in [1.165, 1.54) is 5.56 Å². The van der Waals surface area contributed by atoms with Crippen LogP contribution in [0, 0.1) is 5.92 Å². The van der Waals surface area contributed by atoms with E-state index in [9.17, 15) is 4.79 Å². The van der Waals surface area contributed by atoms with E-state index >= 15 is 0 Å². The van der Waals surface area contributed by atoms with E-state index < -0.39 is 0 Å². The van der Waals surface area contributed by atoms with E-state index in [1.54, 1.807) is 7.11 Å². The Hall–Kier alpha value is -2.79. The van der Waals surface area contributed by atoms with E-state index in [4.69, 9.17) is 4.74 Å². The topological polar surface area (TPSA) is 48.6 Å². The molecule has 0 bridgehead atoms. The Balaban J connectivity index is 1.34. The summed E-state index contributed by atoms with van der Waals surface area (Å²) in [5, 5.41) is 1.09. The summed E-state index contributed by atoms with van der Waals surface area (Å²) in [5.74, 6) is 1.57. The summed E-state index contributed by atoms with van der Waals surface area (Å²) in [6.07, 6.45) is 3.24. The maximum absolute atomic E-state index is 13.2. The maximum atomic E-state index is 13.2. The number of fused-ring (bicyclic) bond motifs is 1. The minimum absolute atomic E-state index is 0.0853. The fourth-order valence-electron chi connectivity index (χ4n) is 5.14. The van der Waals surface area contributed by atoms with Gasteiger partial charge < -0.3 is 14.6 Å². The second kappa shape index (κ2) is 10.0. The molecule has 2 heterocycles. The highest BCUT2D eigenvalue weighted by Crippen LogP contribution is 2.29. The van der Waals surface area contributed by atoms with Gasteiger partial charge in [-0.2, -0.15) is 0 Å². The average Bonchev–Trinajstić information content (AvgIpc) is 3.26. The van der Waals surface area contributed by atoms with Crippen LogP contribution >= 0.6 is 0 Å². The van der Waals surface area contributed by atoms with Gasteiger partial charge >= 0.3 is 0 Å². The Labute approximate surface area is 197 Å². The van der Waals surface area contributed by atoms with Gasteiger partial charge in [-0.1, -0.05) is 30.3 Å². The van der Waals surface area contributed by atoms with Gasteiger partial charge in [-0.05, 0) is 88.9 Å². The van der Waals surface area contributed by atoms with Gasteiger partial charge in [0, 0.05) is 29.5 Å². The fraction of sp³-hybridized carbons (Fsp3) is 0.464. The molecule has 0 spiro atoms. The number of carbonyl (C=O) groups excluding carboxylic acids is 1. The van der Waals surface area contributed by atoms with Gasteiger partial charge in [0.05, 0.1) is 7.11 Å². The molecule has 2 aromatic carbocycles. The van der Waals surface area contributed by atoms with Gasteiger partial charge in [0.2, 0.25) is 0 Å². The first kappa shape index (κ1) is 23.4. The number of H-pyrrole nitrogens is 1. The summed E-state index contributed by atoms with van der Waals surface area (Å²) in [6, 6.07) is 18.4. The number of hydrogen-bond acceptors (Lipinski definition) is 3. The third-order valence-corrected chi connectivity index (χ3v) is 7.15. The van der Waals surface area contributed by atoms with Gasteiger partial charge in [-0.15, -0.1) is 0 Å². The number of aromatic amines is 1. The van der Waals surface area contributed by atoms with E-state index in [2.05, 4.69) is 48.9 Å². The number of piperidine rings is 1. The smallest absolute Gasteiger partial charge is 0.270 e. The monoisotopic (exact) mass is 447 g/mol. The molecule has 5 heteroatoms. The predicted molar refractivity (Wildman–Crippen MR) is 135 cm³/mol. The first-order valence-electron chi connectivity index (χ1n) is 12.1. The number of methoxy groups -OCH3 is 1. The van der Waals surface area contributed by atoms with Crippen molar-refractivity contribution in [2.75, 3.05) is 33.3 Å². The number of rotatable bonds is 8. The van der Waals surface area contributed by atoms with E-state index in [-0.39, 0.29) is 11.4 Å². The number of nitrogens with one attached hydrogen (secondary N) is 1. The average molecular weight is 448 g/mol. The second-order valence-electron chi connectivity index (χ2n) is 9.89. The SMILES string of the molecule is CCN(CC1CCN(C(C)(C)Cc2cccc(OC)c2)CC1)C(=O)c1cc2ccccc2[nH]1. The van der Waals surface area contributed by atoms with Crippen LogP contribution in [0.4, 0.5) is 0 Å². The minimum atomic E-state index is 0.0853. The van der Waals surface area contributed by atoms with Crippen LogP contribution in [0.1, 0.15) is 49.7 Å². The van der Waals surface area contributed by atoms with Gasteiger partial charge in [0.1, 0.15) is 11.4 Å². The first-order chi connectivity index (χ1) is 15.9. The third-order valence-electron chi connectivity index (χ3n) is 7.15. The standard InChI is InChI=1S/C28H37N3O2/c1-5-30(27(32)26-18-23-10-6-7-12-25(23)29-26)20-21-13-15-31(16-14-21)28(2,3)19-22-9-8-11-24(17-22)33-4/h6-12,17-18,21,29H,5,13-16,19-20H2,1-4H3. The lowest BCUT2D eigenvalue weighted by Gasteiger charge is -2.44. The molecule has 1 N–H and O–H groups in total. The van der Waals surface area contributed by atoms with Crippen LogP contribution < -0.4 is 4.74 Å². The van der Waals surface area contributed by atoms with Crippen molar-refractivity contribution in [2.24, 2.45) is 5.92 Å². The molecule has 0 atom stereocenters. The van der Waals surface area contributed by atoms with Crippen molar-refractivity contribution in [3.63, 3.8) is 0 Å². The highest BCUT2D eigenvalue weighted by Gasteiger charge is 2.32. The van der Waals surface area contributed by atoms with Crippen molar-refractivity contribution in [1.29, 1.82) is 0 Å². The predicted octanol–water partition coefficient (Wildman–Crippen LogP) is 5.37. The number of ether oxygens (including phenoxy) is 1. The lowest BCUT2D eigenvalue weighted by molar-refractivity contribution is 0.0546. The third kappa shape index (κ3) is 5.41. The lowest BCUT2D eigenvalue weighted by atomic mass is 9.88. The lowest BCUT2D eigenvalue weighted by Crippen LogP contribution is -2.50. The summed E-state index contributed by atoms with van der Waals surface area (Å²) in [5.41, 5.74) is 3.10. The number of hydrogen-bond donors (Lipinski definition) is 1. The Bertz CT molecular complexity index is 1050. The Kier molecular flexibility index (Phi) is 7.08. The molecule has 4 rings (SSSR count). The highest BCUT2D eigenvalue weighted by molar-refractivity contribution is 5.98. The Morgan fingerprint density at radius 3 is 2.58 bits per heavy atom. The highest BCUT2D eigenvalue weighted by atomic mass is 16.5. The molecule has 33 heavy (non-hydrogen) atoms. The molecule has 3 aromatic rings. The van der Waals surface area contributed by atoms with Gasteiger partial charge in [0.25, 0.3) is 5.91 Å². The molecular weight excluding hydrogens is 410 g/mol. The van der Waals surface area contributed by atoms with Gasteiger partial charge in [-0.3, -0.25) is 9.69 Å². The van der Waals surface area contributed by atoms with E-state index in [0.717, 1.165) is 62.1 Å².